The SMILES string of the molecule is O=S1(=O)CCCC1Cc1nnc2n1CC(CO)CC2. The molecule has 2 unspecified atom stereocenters. The lowest BCUT2D eigenvalue weighted by atomic mass is 10.0. The fraction of sp³-hybridized carbons (Fsp3) is 0.833. The second-order valence-electron chi connectivity index (χ2n) is 5.57. The van der Waals surface area contributed by atoms with E-state index < -0.39 is 9.84 Å². The Morgan fingerprint density at radius 3 is 2.84 bits per heavy atom. The Hall–Kier alpha value is -0.950. The molecule has 0 aromatic carbocycles. The van der Waals surface area contributed by atoms with Gasteiger partial charge in [-0.05, 0) is 19.3 Å². The van der Waals surface area contributed by atoms with Crippen molar-refractivity contribution in [3.63, 3.8) is 0 Å². The average molecular weight is 285 g/mol. The number of hydrogen-bond donors (Lipinski definition) is 1. The van der Waals surface area contributed by atoms with Gasteiger partial charge in [0.05, 0.1) is 11.0 Å². The molecule has 0 aliphatic carbocycles. The Bertz CT molecular complexity index is 567. The molecule has 0 bridgehead atoms. The average Bonchev–Trinajstić information content (AvgIpc) is 2.94. The molecule has 7 heteroatoms. The first-order valence-electron chi connectivity index (χ1n) is 6.83. The van der Waals surface area contributed by atoms with Crippen molar-refractivity contribution in [3.05, 3.63) is 11.6 Å². The van der Waals surface area contributed by atoms with Crippen LogP contribution in [0.2, 0.25) is 0 Å². The molecule has 3 rings (SSSR count). The molecule has 3 heterocycles. The number of sulfone groups is 1. The third kappa shape index (κ3) is 2.41. The lowest BCUT2D eigenvalue weighted by Crippen LogP contribution is -2.26. The molecule has 1 N–H and O–H groups in total. The molecule has 1 saturated heterocycles. The number of rotatable bonds is 3. The third-order valence-electron chi connectivity index (χ3n) is 4.25. The molecule has 2 atom stereocenters. The Kier molecular flexibility index (Phi) is 3.34. The van der Waals surface area contributed by atoms with Crippen molar-refractivity contribution in [2.24, 2.45) is 5.92 Å². The van der Waals surface area contributed by atoms with Crippen molar-refractivity contribution in [3.8, 4) is 0 Å². The molecule has 106 valence electrons. The fourth-order valence-corrected chi connectivity index (χ4v) is 4.87. The van der Waals surface area contributed by atoms with Crippen molar-refractivity contribution >= 4 is 9.84 Å². The van der Waals surface area contributed by atoms with Gasteiger partial charge in [0.15, 0.2) is 9.84 Å². The molecule has 1 aromatic heterocycles. The molecule has 2 aliphatic heterocycles. The molecule has 0 amide bonds. The van der Waals surface area contributed by atoms with Crippen molar-refractivity contribution in [1.82, 2.24) is 14.8 Å². The van der Waals surface area contributed by atoms with E-state index in [-0.39, 0.29) is 17.8 Å². The van der Waals surface area contributed by atoms with Crippen LogP contribution in [0.4, 0.5) is 0 Å². The predicted molar refractivity (Wildman–Crippen MR) is 69.4 cm³/mol. The van der Waals surface area contributed by atoms with Crippen LogP contribution in [0.1, 0.15) is 30.9 Å². The second kappa shape index (κ2) is 4.86. The number of aliphatic hydroxyl groups excluding tert-OH is 1. The number of aromatic nitrogens is 3. The maximum Gasteiger partial charge on any atom is 0.153 e. The Labute approximate surface area is 112 Å². The van der Waals surface area contributed by atoms with Gasteiger partial charge in [-0.15, -0.1) is 10.2 Å². The highest BCUT2D eigenvalue weighted by molar-refractivity contribution is 7.92. The van der Waals surface area contributed by atoms with E-state index in [1.165, 1.54) is 0 Å². The maximum absolute atomic E-state index is 11.9. The predicted octanol–water partition coefficient (Wildman–Crippen LogP) is -0.0475. The zero-order valence-electron chi connectivity index (χ0n) is 10.8. The Balaban J connectivity index is 1.81. The van der Waals surface area contributed by atoms with E-state index in [4.69, 9.17) is 0 Å². The van der Waals surface area contributed by atoms with Gasteiger partial charge in [-0.1, -0.05) is 0 Å². The molecule has 6 nitrogen and oxygen atoms in total. The standard InChI is InChI=1S/C12H19N3O3S/c16-8-9-3-4-11-13-14-12(15(11)7-9)6-10-2-1-5-19(10,17)18/h9-10,16H,1-8H2. The van der Waals surface area contributed by atoms with Gasteiger partial charge in [0, 0.05) is 31.9 Å². The monoisotopic (exact) mass is 285 g/mol. The smallest absolute Gasteiger partial charge is 0.153 e. The summed E-state index contributed by atoms with van der Waals surface area (Å²) in [5.74, 6) is 2.24. The summed E-state index contributed by atoms with van der Waals surface area (Å²) in [6.45, 7) is 0.875. The highest BCUT2D eigenvalue weighted by atomic mass is 32.2. The van der Waals surface area contributed by atoms with E-state index in [2.05, 4.69) is 10.2 Å². The van der Waals surface area contributed by atoms with Crippen molar-refractivity contribution < 1.29 is 13.5 Å². The molecule has 0 radical (unpaired) electrons. The molecule has 0 spiro atoms. The van der Waals surface area contributed by atoms with Crippen LogP contribution in [-0.2, 0) is 29.2 Å². The Morgan fingerprint density at radius 2 is 2.16 bits per heavy atom. The number of nitrogens with zero attached hydrogens (tertiary/aromatic N) is 3. The van der Waals surface area contributed by atoms with Crippen molar-refractivity contribution in [1.29, 1.82) is 0 Å². The van der Waals surface area contributed by atoms with Crippen LogP contribution < -0.4 is 0 Å². The van der Waals surface area contributed by atoms with Gasteiger partial charge >= 0.3 is 0 Å². The van der Waals surface area contributed by atoms with Crippen LogP contribution in [0, 0.1) is 5.92 Å². The van der Waals surface area contributed by atoms with E-state index in [1.54, 1.807) is 0 Å². The molecular formula is C12H19N3O3S. The summed E-state index contributed by atoms with van der Waals surface area (Å²) in [6.07, 6.45) is 3.70. The van der Waals surface area contributed by atoms with Crippen LogP contribution in [0.15, 0.2) is 0 Å². The van der Waals surface area contributed by atoms with Gasteiger partial charge in [-0.2, -0.15) is 0 Å². The van der Waals surface area contributed by atoms with Gasteiger partial charge in [0.25, 0.3) is 0 Å². The summed E-state index contributed by atoms with van der Waals surface area (Å²) in [5.41, 5.74) is 0. The summed E-state index contributed by atoms with van der Waals surface area (Å²) in [6, 6.07) is 0. The molecule has 1 aromatic rings. The minimum absolute atomic E-state index is 0.165. The van der Waals surface area contributed by atoms with E-state index in [9.17, 15) is 13.5 Å². The summed E-state index contributed by atoms with van der Waals surface area (Å²) in [7, 11) is -2.94. The van der Waals surface area contributed by atoms with Gasteiger partial charge in [0.1, 0.15) is 11.6 Å². The number of hydrogen-bond acceptors (Lipinski definition) is 5. The summed E-state index contributed by atoms with van der Waals surface area (Å²) >= 11 is 0. The molecule has 19 heavy (non-hydrogen) atoms. The van der Waals surface area contributed by atoms with E-state index in [0.29, 0.717) is 18.7 Å². The molecular weight excluding hydrogens is 266 g/mol. The maximum atomic E-state index is 11.9. The molecule has 1 fully saturated rings. The second-order valence-corrected chi connectivity index (χ2v) is 7.97. The normalized spacial score (nSPS) is 29.3. The lowest BCUT2D eigenvalue weighted by molar-refractivity contribution is 0.189. The van der Waals surface area contributed by atoms with Gasteiger partial charge in [0.2, 0.25) is 0 Å². The number of fused-ring (bicyclic) bond motifs is 1. The quantitative estimate of drug-likeness (QED) is 0.842. The van der Waals surface area contributed by atoms with Crippen LogP contribution in [0.25, 0.3) is 0 Å². The summed E-state index contributed by atoms with van der Waals surface area (Å²) in [4.78, 5) is 0. The minimum Gasteiger partial charge on any atom is -0.396 e. The zero-order valence-corrected chi connectivity index (χ0v) is 11.6. The largest absolute Gasteiger partial charge is 0.396 e. The topological polar surface area (TPSA) is 85.1 Å². The highest BCUT2D eigenvalue weighted by Gasteiger charge is 2.33. The van der Waals surface area contributed by atoms with Crippen molar-refractivity contribution in [2.75, 3.05) is 12.4 Å². The van der Waals surface area contributed by atoms with Crippen LogP contribution >= 0.6 is 0 Å². The fourth-order valence-electron chi connectivity index (χ4n) is 3.04. The van der Waals surface area contributed by atoms with Crippen LogP contribution in [0.3, 0.4) is 0 Å². The Morgan fingerprint density at radius 1 is 1.32 bits per heavy atom. The van der Waals surface area contributed by atoms with Crippen molar-refractivity contribution in [2.45, 2.75) is 43.9 Å². The van der Waals surface area contributed by atoms with E-state index in [0.717, 1.165) is 37.3 Å². The van der Waals surface area contributed by atoms with Crippen LogP contribution in [-0.4, -0.2) is 45.9 Å². The summed E-state index contributed by atoms with van der Waals surface area (Å²) < 4.78 is 25.8. The van der Waals surface area contributed by atoms with E-state index in [1.807, 2.05) is 4.57 Å². The van der Waals surface area contributed by atoms with Gasteiger partial charge in [-0.25, -0.2) is 8.42 Å². The first-order valence-corrected chi connectivity index (χ1v) is 8.55. The van der Waals surface area contributed by atoms with Gasteiger partial charge in [-0.3, -0.25) is 0 Å². The van der Waals surface area contributed by atoms with Crippen LogP contribution in [0.5, 0.6) is 0 Å². The minimum atomic E-state index is -2.94. The summed E-state index contributed by atoms with van der Waals surface area (Å²) in [5, 5.41) is 17.3. The first-order chi connectivity index (χ1) is 9.10. The van der Waals surface area contributed by atoms with E-state index >= 15 is 0 Å². The molecule has 2 aliphatic rings. The number of aliphatic hydroxyl groups is 1. The first kappa shape index (κ1) is 13.1. The zero-order chi connectivity index (χ0) is 13.5. The highest BCUT2D eigenvalue weighted by Crippen LogP contribution is 2.25. The third-order valence-corrected chi connectivity index (χ3v) is 6.53. The number of aryl methyl sites for hydroxylation is 1. The lowest BCUT2D eigenvalue weighted by Gasteiger charge is -2.23. The van der Waals surface area contributed by atoms with Gasteiger partial charge < -0.3 is 9.67 Å². The molecule has 0 saturated carbocycles.